The number of allylic oxidation sites excluding steroid dienone is 3. The van der Waals surface area contributed by atoms with Gasteiger partial charge in [0, 0.05) is 19.6 Å². The molecule has 0 aromatic heterocycles. The zero-order chi connectivity index (χ0) is 25.9. The van der Waals surface area contributed by atoms with Gasteiger partial charge in [0.05, 0.1) is 37.2 Å². The summed E-state index contributed by atoms with van der Waals surface area (Å²) in [6.45, 7) is 6.36. The first-order chi connectivity index (χ1) is 16.2. The molecule has 10 heteroatoms. The molecule has 0 radical (unpaired) electrons. The monoisotopic (exact) mass is 519 g/mol. The highest BCUT2D eigenvalue weighted by molar-refractivity contribution is 6.24. The van der Waals surface area contributed by atoms with E-state index in [0.29, 0.717) is 13.1 Å². The molecule has 0 saturated carbocycles. The van der Waals surface area contributed by atoms with Crippen LogP contribution in [0.4, 0.5) is 17.6 Å². The second kappa shape index (κ2) is 10.9. The van der Waals surface area contributed by atoms with Gasteiger partial charge >= 0.3 is 12.1 Å². The minimum atomic E-state index is -4.65. The van der Waals surface area contributed by atoms with Crippen LogP contribution in [0, 0.1) is 5.92 Å². The minimum Gasteiger partial charge on any atom is -0.493 e. The van der Waals surface area contributed by atoms with E-state index in [1.807, 2.05) is 4.90 Å². The van der Waals surface area contributed by atoms with E-state index in [1.165, 1.54) is 30.4 Å². The Balaban J connectivity index is 1.68. The fourth-order valence-electron chi connectivity index (χ4n) is 3.87. The largest absolute Gasteiger partial charge is 0.493 e. The van der Waals surface area contributed by atoms with Crippen LogP contribution in [0.5, 0.6) is 5.75 Å². The number of halogens is 5. The number of hydrogen-bond donors (Lipinski definition) is 0. The third kappa shape index (κ3) is 7.95. The van der Waals surface area contributed by atoms with Crippen molar-refractivity contribution >= 4 is 17.6 Å². The number of carbonyl (C=O) groups excluding carboxylic acids is 1. The van der Waals surface area contributed by atoms with Crippen molar-refractivity contribution in [2.24, 2.45) is 5.92 Å². The van der Waals surface area contributed by atoms with E-state index in [4.69, 9.17) is 25.8 Å². The lowest BCUT2D eigenvalue weighted by molar-refractivity contribution is -0.155. The molecule has 1 aliphatic carbocycles. The Kier molecular flexibility index (Phi) is 8.55. The minimum absolute atomic E-state index is 0.0236. The van der Waals surface area contributed by atoms with Crippen LogP contribution < -0.4 is 4.74 Å². The van der Waals surface area contributed by atoms with E-state index >= 15 is 0 Å². The van der Waals surface area contributed by atoms with E-state index in [0.717, 1.165) is 6.07 Å². The van der Waals surface area contributed by atoms with Crippen molar-refractivity contribution in [1.82, 2.24) is 4.90 Å². The summed E-state index contributed by atoms with van der Waals surface area (Å²) in [4.78, 5) is 13.9. The van der Waals surface area contributed by atoms with E-state index in [9.17, 15) is 22.4 Å². The first kappa shape index (κ1) is 27.5. The molecule has 194 valence electrons. The smallest absolute Gasteiger partial charge is 0.416 e. The number of alkyl halides is 5. The van der Waals surface area contributed by atoms with Gasteiger partial charge in [-0.05, 0) is 44.5 Å². The first-order valence-electron chi connectivity index (χ1n) is 11.4. The molecule has 3 unspecified atom stereocenters. The molecule has 0 amide bonds. The number of nitrogens with zero attached hydrogens (tertiary/aromatic N) is 1. The van der Waals surface area contributed by atoms with E-state index in [1.54, 1.807) is 26.8 Å². The summed E-state index contributed by atoms with van der Waals surface area (Å²) in [5, 5.41) is -2.17. The Morgan fingerprint density at radius 1 is 1.26 bits per heavy atom. The van der Waals surface area contributed by atoms with Crippen LogP contribution in [0.15, 0.2) is 42.5 Å². The molecular formula is C25H30ClF4NO4. The molecular weight excluding hydrogens is 490 g/mol. The SMILES string of the molecule is CC(C)(C)OC(=O)CCN1CCOC(c2ccc(OCC3C=CC=CC3(F)Cl)cc2C(F)(F)F)C1. The van der Waals surface area contributed by atoms with Gasteiger partial charge in [-0.1, -0.05) is 35.9 Å². The second-order valence-electron chi connectivity index (χ2n) is 9.58. The number of morpholine rings is 1. The third-order valence-corrected chi connectivity index (χ3v) is 5.98. The average molecular weight is 520 g/mol. The first-order valence-corrected chi connectivity index (χ1v) is 11.8. The van der Waals surface area contributed by atoms with E-state index in [2.05, 4.69) is 0 Å². The summed E-state index contributed by atoms with van der Waals surface area (Å²) < 4.78 is 72.6. The van der Waals surface area contributed by atoms with Crippen LogP contribution in [0.2, 0.25) is 0 Å². The van der Waals surface area contributed by atoms with Crippen LogP contribution in [0.25, 0.3) is 0 Å². The quantitative estimate of drug-likeness (QED) is 0.257. The van der Waals surface area contributed by atoms with Gasteiger partial charge in [0.15, 0.2) is 0 Å². The lowest BCUT2D eigenvalue weighted by Gasteiger charge is -2.34. The van der Waals surface area contributed by atoms with Crippen LogP contribution >= 0.6 is 11.6 Å². The molecule has 3 atom stereocenters. The summed E-state index contributed by atoms with van der Waals surface area (Å²) >= 11 is 5.81. The molecule has 1 aromatic rings. The highest BCUT2D eigenvalue weighted by atomic mass is 35.5. The van der Waals surface area contributed by atoms with Crippen molar-refractivity contribution in [3.05, 3.63) is 53.6 Å². The number of benzene rings is 1. The predicted octanol–water partition coefficient (Wildman–Crippen LogP) is 5.84. The summed E-state index contributed by atoms with van der Waals surface area (Å²) in [6, 6.07) is 3.62. The number of esters is 1. The summed E-state index contributed by atoms with van der Waals surface area (Å²) in [5.74, 6) is -1.26. The van der Waals surface area contributed by atoms with Crippen molar-refractivity contribution in [3.63, 3.8) is 0 Å². The van der Waals surface area contributed by atoms with Gasteiger partial charge in [0.2, 0.25) is 5.13 Å². The van der Waals surface area contributed by atoms with Gasteiger partial charge in [0.1, 0.15) is 11.4 Å². The molecule has 1 aliphatic heterocycles. The molecule has 1 heterocycles. The van der Waals surface area contributed by atoms with Gasteiger partial charge in [-0.3, -0.25) is 9.69 Å². The van der Waals surface area contributed by atoms with Crippen LogP contribution in [-0.2, 0) is 20.4 Å². The molecule has 0 N–H and O–H groups in total. The molecule has 5 nitrogen and oxygen atoms in total. The van der Waals surface area contributed by atoms with Crippen molar-refractivity contribution in [3.8, 4) is 5.75 Å². The Morgan fingerprint density at radius 3 is 2.66 bits per heavy atom. The zero-order valence-corrected chi connectivity index (χ0v) is 20.7. The maximum Gasteiger partial charge on any atom is 0.416 e. The molecule has 0 spiro atoms. The van der Waals surface area contributed by atoms with E-state index < -0.39 is 34.5 Å². The predicted molar refractivity (Wildman–Crippen MR) is 124 cm³/mol. The Labute approximate surface area is 207 Å². The fourth-order valence-corrected chi connectivity index (χ4v) is 4.08. The van der Waals surface area contributed by atoms with Crippen molar-refractivity contribution in [2.45, 2.75) is 50.2 Å². The van der Waals surface area contributed by atoms with Gasteiger partial charge in [-0.25, -0.2) is 4.39 Å². The van der Waals surface area contributed by atoms with Crippen LogP contribution in [0.3, 0.4) is 0 Å². The van der Waals surface area contributed by atoms with Crippen molar-refractivity contribution < 1.29 is 36.6 Å². The van der Waals surface area contributed by atoms with Gasteiger partial charge in [0.25, 0.3) is 0 Å². The molecule has 0 bridgehead atoms. The number of ether oxygens (including phenoxy) is 3. The standard InChI is InChI=1S/C25H30ClF4NO4/c1-23(2,3)35-22(32)9-11-31-12-13-33-21(15-31)19-8-7-18(14-20(19)25(28,29)30)34-16-17-6-4-5-10-24(17,26)27/h4-8,10,14,17,21H,9,11-13,15-16H2,1-3H3. The topological polar surface area (TPSA) is 48.0 Å². The van der Waals surface area contributed by atoms with Gasteiger partial charge in [-0.2, -0.15) is 13.2 Å². The summed E-state index contributed by atoms with van der Waals surface area (Å²) in [5.41, 5.74) is -1.51. The Bertz CT molecular complexity index is 956. The highest BCUT2D eigenvalue weighted by Crippen LogP contribution is 2.39. The molecule has 2 aliphatic rings. The van der Waals surface area contributed by atoms with Crippen molar-refractivity contribution in [2.75, 3.05) is 32.8 Å². The average Bonchev–Trinajstić information content (AvgIpc) is 2.75. The van der Waals surface area contributed by atoms with E-state index in [-0.39, 0.29) is 43.5 Å². The lowest BCUT2D eigenvalue weighted by atomic mass is 9.98. The molecule has 1 aromatic carbocycles. The van der Waals surface area contributed by atoms with Gasteiger partial charge < -0.3 is 14.2 Å². The molecule has 35 heavy (non-hydrogen) atoms. The Hall–Kier alpha value is -2.10. The Morgan fingerprint density at radius 2 is 2.00 bits per heavy atom. The third-order valence-electron chi connectivity index (χ3n) is 5.58. The summed E-state index contributed by atoms with van der Waals surface area (Å²) in [7, 11) is 0. The lowest BCUT2D eigenvalue weighted by Crippen LogP contribution is -2.40. The van der Waals surface area contributed by atoms with Crippen LogP contribution in [0.1, 0.15) is 44.4 Å². The number of hydrogen-bond acceptors (Lipinski definition) is 5. The number of carbonyl (C=O) groups is 1. The molecule has 1 fully saturated rings. The normalized spacial score (nSPS) is 25.5. The van der Waals surface area contributed by atoms with Crippen molar-refractivity contribution in [1.29, 1.82) is 0 Å². The zero-order valence-electron chi connectivity index (χ0n) is 19.9. The second-order valence-corrected chi connectivity index (χ2v) is 10.2. The highest BCUT2D eigenvalue weighted by Gasteiger charge is 2.38. The summed E-state index contributed by atoms with van der Waals surface area (Å²) in [6.07, 6.45) is 0.385. The van der Waals surface area contributed by atoms with Crippen LogP contribution in [-0.4, -0.2) is 54.4 Å². The maximum absolute atomic E-state index is 14.4. The fraction of sp³-hybridized carbons (Fsp3) is 0.560. The molecule has 1 saturated heterocycles. The maximum atomic E-state index is 14.4. The molecule has 3 rings (SSSR count). The number of rotatable bonds is 7. The van der Waals surface area contributed by atoms with Gasteiger partial charge in [-0.15, -0.1) is 0 Å².